The second-order valence-corrected chi connectivity index (χ2v) is 9.85. The van der Waals surface area contributed by atoms with Gasteiger partial charge in [-0.05, 0) is 37.0 Å². The minimum Gasteiger partial charge on any atom is -0.489 e. The zero-order valence-electron chi connectivity index (χ0n) is 21.8. The largest absolute Gasteiger partial charge is 0.489 e. The number of rotatable bonds is 2. The number of likely N-dealkylation sites (N-methyl/N-ethyl adjacent to an activating group) is 1. The first kappa shape index (κ1) is 26.6. The number of nitrogens with zero attached hydrogens (tertiary/aromatic N) is 3. The summed E-state index contributed by atoms with van der Waals surface area (Å²) in [7, 11) is 5.19. The monoisotopic (exact) mass is 505 g/mol. The first-order chi connectivity index (χ1) is 17.9. The average molecular weight is 506 g/mol. The third kappa shape index (κ3) is 6.30. The number of hydrogen-bond donors (Lipinski definition) is 0. The van der Waals surface area contributed by atoms with E-state index in [2.05, 4.69) is 6.07 Å². The van der Waals surface area contributed by atoms with E-state index in [4.69, 9.17) is 14.2 Å². The molecule has 196 valence electrons. The molecule has 2 aromatic rings. The number of ether oxygens (including phenoxy) is 3. The second-order valence-electron chi connectivity index (χ2n) is 9.85. The summed E-state index contributed by atoms with van der Waals surface area (Å²) < 4.78 is 18.1. The molecule has 2 aliphatic rings. The van der Waals surface area contributed by atoms with Crippen LogP contribution >= 0.6 is 0 Å². The van der Waals surface area contributed by atoms with Crippen LogP contribution in [0.15, 0.2) is 48.5 Å². The molecule has 0 N–H and O–H groups in total. The van der Waals surface area contributed by atoms with Crippen molar-refractivity contribution in [2.45, 2.75) is 49.9 Å². The summed E-state index contributed by atoms with van der Waals surface area (Å²) in [6.07, 6.45) is 2.07. The van der Waals surface area contributed by atoms with Crippen molar-refractivity contribution in [2.24, 2.45) is 0 Å². The highest BCUT2D eigenvalue weighted by atomic mass is 16.6. The van der Waals surface area contributed by atoms with Gasteiger partial charge in [-0.3, -0.25) is 9.59 Å². The van der Waals surface area contributed by atoms with Crippen molar-refractivity contribution in [1.29, 1.82) is 5.26 Å². The number of methoxy groups -OCH3 is 1. The Labute approximate surface area is 218 Å². The van der Waals surface area contributed by atoms with E-state index in [1.807, 2.05) is 37.4 Å². The molecule has 1 fully saturated rings. The Bertz CT molecular complexity index is 1130. The highest BCUT2D eigenvalue weighted by Crippen LogP contribution is 2.30. The third-order valence-electron chi connectivity index (χ3n) is 7.36. The minimum absolute atomic E-state index is 0.0272. The summed E-state index contributed by atoms with van der Waals surface area (Å²) in [5.41, 5.74) is 1.60. The van der Waals surface area contributed by atoms with E-state index in [1.54, 1.807) is 42.2 Å². The van der Waals surface area contributed by atoms with Gasteiger partial charge in [-0.2, -0.15) is 5.26 Å². The van der Waals surface area contributed by atoms with Crippen LogP contribution in [-0.4, -0.2) is 80.8 Å². The summed E-state index contributed by atoms with van der Waals surface area (Å²) in [6, 6.07) is 16.9. The molecule has 4 rings (SSSR count). The number of nitriles is 1. The summed E-state index contributed by atoms with van der Waals surface area (Å²) in [5, 5.41) is 9.75. The summed E-state index contributed by atoms with van der Waals surface area (Å²) in [4.78, 5) is 30.2. The summed E-state index contributed by atoms with van der Waals surface area (Å²) in [6.45, 7) is 1.07. The number of amides is 2. The molecule has 0 aromatic heterocycles. The lowest BCUT2D eigenvalue weighted by Gasteiger charge is -2.36. The van der Waals surface area contributed by atoms with Crippen LogP contribution in [-0.2, 0) is 14.3 Å². The smallest absolute Gasteiger partial charge is 0.257 e. The van der Waals surface area contributed by atoms with Crippen LogP contribution in [0.3, 0.4) is 0 Å². The number of carbonyl (C=O) groups excluding carboxylic acids is 2. The van der Waals surface area contributed by atoms with Crippen LogP contribution in [0.1, 0.15) is 53.1 Å². The molecular weight excluding hydrogens is 470 g/mol. The van der Waals surface area contributed by atoms with E-state index in [9.17, 15) is 14.9 Å². The lowest BCUT2D eigenvalue weighted by Crippen LogP contribution is -2.45. The molecule has 1 saturated heterocycles. The van der Waals surface area contributed by atoms with Gasteiger partial charge < -0.3 is 24.0 Å². The van der Waals surface area contributed by atoms with E-state index in [0.29, 0.717) is 25.1 Å². The van der Waals surface area contributed by atoms with E-state index in [-0.39, 0.29) is 60.4 Å². The van der Waals surface area contributed by atoms with E-state index in [1.165, 1.54) is 0 Å². The van der Waals surface area contributed by atoms with Crippen LogP contribution < -0.4 is 4.74 Å². The van der Waals surface area contributed by atoms with Gasteiger partial charge in [0.1, 0.15) is 24.5 Å². The third-order valence-corrected chi connectivity index (χ3v) is 7.36. The maximum atomic E-state index is 13.6. The number of para-hydroxylation sites is 1. The SMILES string of the molecule is CO[C@@H]1CC[C@@H]2CCN(C)C(=O)C[C@H](c3ccccc3)CN(C)C(=O)c3cccc(C#N)c3OC[C@@H]1O2. The maximum absolute atomic E-state index is 13.6. The maximum Gasteiger partial charge on any atom is 0.257 e. The molecule has 8 nitrogen and oxygen atoms in total. The lowest BCUT2D eigenvalue weighted by atomic mass is 9.94. The van der Waals surface area contributed by atoms with Gasteiger partial charge in [0.2, 0.25) is 5.91 Å². The molecule has 2 heterocycles. The molecular formula is C29H35N3O5. The fourth-order valence-electron chi connectivity index (χ4n) is 5.14. The van der Waals surface area contributed by atoms with Gasteiger partial charge in [-0.1, -0.05) is 36.4 Å². The van der Waals surface area contributed by atoms with Gasteiger partial charge >= 0.3 is 0 Å². The van der Waals surface area contributed by atoms with Crippen molar-refractivity contribution < 1.29 is 23.8 Å². The van der Waals surface area contributed by atoms with Gasteiger partial charge in [0.25, 0.3) is 5.91 Å². The van der Waals surface area contributed by atoms with Crippen LogP contribution in [0.5, 0.6) is 5.75 Å². The van der Waals surface area contributed by atoms with Gasteiger partial charge in [-0.25, -0.2) is 0 Å². The molecule has 0 radical (unpaired) electrons. The molecule has 2 aliphatic heterocycles. The van der Waals surface area contributed by atoms with Crippen LogP contribution in [0.25, 0.3) is 0 Å². The predicted molar refractivity (Wildman–Crippen MR) is 138 cm³/mol. The Morgan fingerprint density at radius 2 is 1.78 bits per heavy atom. The predicted octanol–water partition coefficient (Wildman–Crippen LogP) is 3.61. The number of fused-ring (bicyclic) bond motifs is 3. The molecule has 4 atom stereocenters. The normalized spacial score (nSPS) is 25.7. The van der Waals surface area contributed by atoms with Crippen LogP contribution in [0.2, 0.25) is 0 Å². The Hall–Kier alpha value is -3.41. The Morgan fingerprint density at radius 1 is 1.00 bits per heavy atom. The quantitative estimate of drug-likeness (QED) is 0.619. The first-order valence-electron chi connectivity index (χ1n) is 12.8. The van der Waals surface area contributed by atoms with Gasteiger partial charge in [0.05, 0.1) is 23.3 Å². The van der Waals surface area contributed by atoms with Gasteiger partial charge in [0.15, 0.2) is 0 Å². The summed E-state index contributed by atoms with van der Waals surface area (Å²) >= 11 is 0. The average Bonchev–Trinajstić information content (AvgIpc) is 2.93. The number of carbonyl (C=O) groups is 2. The highest BCUT2D eigenvalue weighted by molar-refractivity contribution is 5.97. The molecule has 0 spiro atoms. The molecule has 0 saturated carbocycles. The van der Waals surface area contributed by atoms with Gasteiger partial charge in [-0.15, -0.1) is 0 Å². The molecule has 2 aromatic carbocycles. The van der Waals surface area contributed by atoms with E-state index in [0.717, 1.165) is 18.4 Å². The topological polar surface area (TPSA) is 92.1 Å². The number of benzene rings is 2. The molecule has 2 bridgehead atoms. The van der Waals surface area contributed by atoms with Crippen molar-refractivity contribution in [3.05, 3.63) is 65.2 Å². The second kappa shape index (κ2) is 12.2. The first-order valence-corrected chi connectivity index (χ1v) is 12.8. The zero-order valence-corrected chi connectivity index (χ0v) is 21.8. The van der Waals surface area contributed by atoms with E-state index >= 15 is 0 Å². The van der Waals surface area contributed by atoms with Crippen molar-refractivity contribution in [2.75, 3.05) is 40.9 Å². The minimum atomic E-state index is -0.354. The Balaban J connectivity index is 1.70. The fourth-order valence-corrected chi connectivity index (χ4v) is 5.14. The zero-order chi connectivity index (χ0) is 26.4. The van der Waals surface area contributed by atoms with Gasteiger partial charge in [0, 0.05) is 46.6 Å². The standard InChI is InChI=1S/C29H35N3O5/c1-31-15-14-23-12-13-25(35-3)26(37-23)19-36-28-21(17-30)10-7-11-24(28)29(34)32(2)18-22(16-27(31)33)20-8-5-4-6-9-20/h4-11,22-23,25-26H,12-16,18-19H2,1-3H3/t22-,23+,25+,26-/m0/s1. The molecule has 8 heteroatoms. The van der Waals surface area contributed by atoms with Crippen molar-refractivity contribution >= 4 is 11.8 Å². The molecule has 0 unspecified atom stereocenters. The fraction of sp³-hybridized carbons (Fsp3) is 0.483. The summed E-state index contributed by atoms with van der Waals surface area (Å²) in [5.74, 6) is -0.174. The molecule has 0 aliphatic carbocycles. The lowest BCUT2D eigenvalue weighted by molar-refractivity contribution is -0.145. The molecule has 37 heavy (non-hydrogen) atoms. The van der Waals surface area contributed by atoms with Crippen LogP contribution in [0, 0.1) is 11.3 Å². The van der Waals surface area contributed by atoms with Crippen molar-refractivity contribution in [3.63, 3.8) is 0 Å². The van der Waals surface area contributed by atoms with Crippen molar-refractivity contribution in [1.82, 2.24) is 9.80 Å². The van der Waals surface area contributed by atoms with Crippen LogP contribution in [0.4, 0.5) is 0 Å². The highest BCUT2D eigenvalue weighted by Gasteiger charge is 2.33. The Kier molecular flexibility index (Phi) is 8.80. The molecule has 2 amide bonds. The Morgan fingerprint density at radius 3 is 2.51 bits per heavy atom. The van der Waals surface area contributed by atoms with Crippen molar-refractivity contribution in [3.8, 4) is 11.8 Å². The number of hydrogen-bond acceptors (Lipinski definition) is 6. The van der Waals surface area contributed by atoms with E-state index < -0.39 is 0 Å².